The number of hydrogen-bond donors (Lipinski definition) is 0. The molecule has 1 saturated carbocycles. The van der Waals surface area contributed by atoms with Crippen molar-refractivity contribution >= 4 is 0 Å². The van der Waals surface area contributed by atoms with Crippen molar-refractivity contribution in [3.8, 4) is 5.69 Å². The predicted octanol–water partition coefficient (Wildman–Crippen LogP) is 3.25. The van der Waals surface area contributed by atoms with Crippen molar-refractivity contribution in [3.05, 3.63) is 47.8 Å². The van der Waals surface area contributed by atoms with Gasteiger partial charge in [0.15, 0.2) is 0 Å². The second-order valence-electron chi connectivity index (χ2n) is 4.57. The van der Waals surface area contributed by atoms with Gasteiger partial charge in [-0.05, 0) is 38.0 Å². The van der Waals surface area contributed by atoms with E-state index in [9.17, 15) is 0 Å². The molecular formula is C14H15N2. The molecule has 1 fully saturated rings. The summed E-state index contributed by atoms with van der Waals surface area (Å²) in [5.41, 5.74) is 3.74. The minimum absolute atomic E-state index is 0.694. The summed E-state index contributed by atoms with van der Waals surface area (Å²) in [7, 11) is 0. The Labute approximate surface area is 95.9 Å². The van der Waals surface area contributed by atoms with Crippen LogP contribution in [0.4, 0.5) is 0 Å². The second-order valence-corrected chi connectivity index (χ2v) is 4.57. The second kappa shape index (κ2) is 3.78. The first-order valence-corrected chi connectivity index (χ1v) is 5.87. The first kappa shape index (κ1) is 9.64. The Hall–Kier alpha value is -1.57. The van der Waals surface area contributed by atoms with E-state index in [0.717, 1.165) is 5.69 Å². The van der Waals surface area contributed by atoms with Crippen molar-refractivity contribution in [1.29, 1.82) is 0 Å². The van der Waals surface area contributed by atoms with Crippen LogP contribution in [0.25, 0.3) is 5.69 Å². The van der Waals surface area contributed by atoms with Crippen molar-refractivity contribution < 1.29 is 0 Å². The summed E-state index contributed by atoms with van der Waals surface area (Å²) in [5, 5.41) is 4.31. The zero-order valence-corrected chi connectivity index (χ0v) is 9.48. The van der Waals surface area contributed by atoms with Gasteiger partial charge in [-0.1, -0.05) is 24.1 Å². The maximum Gasteiger partial charge on any atom is 0.113 e. The molecule has 2 aromatic rings. The molecular weight excluding hydrogens is 196 g/mol. The number of nitrogens with zero attached hydrogens (tertiary/aromatic N) is 2. The standard InChI is InChI=1S/C14H15N2/c1-11-5-7-13(8-6-11)16-14(9-10-15-16)12-3-2-4-12/h5-9,12H,2-4H2,1H3. The summed E-state index contributed by atoms with van der Waals surface area (Å²) >= 11 is 0. The molecule has 0 aliphatic heterocycles. The minimum Gasteiger partial charge on any atom is -0.237 e. The quantitative estimate of drug-likeness (QED) is 0.745. The van der Waals surface area contributed by atoms with E-state index in [1.807, 2.05) is 10.7 Å². The lowest BCUT2D eigenvalue weighted by molar-refractivity contribution is 0.403. The van der Waals surface area contributed by atoms with E-state index >= 15 is 0 Å². The van der Waals surface area contributed by atoms with E-state index in [-0.39, 0.29) is 0 Å². The third-order valence-corrected chi connectivity index (χ3v) is 3.42. The van der Waals surface area contributed by atoms with Crippen LogP contribution in [-0.4, -0.2) is 9.78 Å². The first-order chi connectivity index (χ1) is 7.84. The summed E-state index contributed by atoms with van der Waals surface area (Å²) in [6.45, 7) is 2.10. The lowest BCUT2D eigenvalue weighted by Crippen LogP contribution is -2.14. The monoisotopic (exact) mass is 211 g/mol. The van der Waals surface area contributed by atoms with Crippen molar-refractivity contribution in [2.24, 2.45) is 0 Å². The average Bonchev–Trinajstić information content (AvgIpc) is 2.65. The number of benzene rings is 1. The molecule has 0 N–H and O–H groups in total. The van der Waals surface area contributed by atoms with Crippen LogP contribution in [0.3, 0.4) is 0 Å². The largest absolute Gasteiger partial charge is 0.237 e. The molecule has 0 bridgehead atoms. The van der Waals surface area contributed by atoms with E-state index in [1.54, 1.807) is 0 Å². The lowest BCUT2D eigenvalue weighted by Gasteiger charge is -2.26. The molecule has 0 unspecified atom stereocenters. The van der Waals surface area contributed by atoms with Gasteiger partial charge in [0.2, 0.25) is 0 Å². The molecule has 1 heterocycles. The summed E-state index contributed by atoms with van der Waals surface area (Å²) in [6.07, 6.45) is 6.92. The maximum atomic E-state index is 4.31. The molecule has 2 nitrogen and oxygen atoms in total. The number of hydrogen-bond acceptors (Lipinski definition) is 1. The highest BCUT2D eigenvalue weighted by Gasteiger charge is 2.23. The fraction of sp³-hybridized carbons (Fsp3) is 0.357. The van der Waals surface area contributed by atoms with E-state index in [4.69, 9.17) is 0 Å². The van der Waals surface area contributed by atoms with Crippen molar-refractivity contribution in [2.45, 2.75) is 32.1 Å². The molecule has 81 valence electrons. The van der Waals surface area contributed by atoms with E-state index in [1.165, 1.54) is 30.5 Å². The summed E-state index contributed by atoms with van der Waals surface area (Å²) in [5.74, 6) is 0.694. The highest BCUT2D eigenvalue weighted by Crippen LogP contribution is 2.36. The van der Waals surface area contributed by atoms with Crippen LogP contribution in [0.2, 0.25) is 0 Å². The van der Waals surface area contributed by atoms with Gasteiger partial charge in [-0.25, -0.2) is 4.68 Å². The molecule has 1 aromatic heterocycles. The minimum atomic E-state index is 0.694. The molecule has 1 aliphatic carbocycles. The fourth-order valence-electron chi connectivity index (χ4n) is 2.16. The summed E-state index contributed by atoms with van der Waals surface area (Å²) in [6, 6.07) is 10.5. The third kappa shape index (κ3) is 1.54. The zero-order chi connectivity index (χ0) is 11.0. The van der Waals surface area contributed by atoms with E-state index in [0.29, 0.717) is 5.92 Å². The Morgan fingerprint density at radius 2 is 2.00 bits per heavy atom. The van der Waals surface area contributed by atoms with E-state index < -0.39 is 0 Å². The van der Waals surface area contributed by atoms with Crippen LogP contribution >= 0.6 is 0 Å². The van der Waals surface area contributed by atoms with Crippen LogP contribution in [-0.2, 0) is 0 Å². The summed E-state index contributed by atoms with van der Waals surface area (Å²) in [4.78, 5) is 0. The van der Waals surface area contributed by atoms with Gasteiger partial charge in [0, 0.05) is 11.6 Å². The van der Waals surface area contributed by atoms with Gasteiger partial charge in [-0.15, -0.1) is 0 Å². The van der Waals surface area contributed by atoms with Gasteiger partial charge in [-0.2, -0.15) is 5.10 Å². The number of aryl methyl sites for hydroxylation is 1. The average molecular weight is 211 g/mol. The zero-order valence-electron chi connectivity index (χ0n) is 9.48. The van der Waals surface area contributed by atoms with Gasteiger partial charge < -0.3 is 0 Å². The normalized spacial score (nSPS) is 16.1. The summed E-state index contributed by atoms with van der Waals surface area (Å²) < 4.78 is 2.03. The van der Waals surface area contributed by atoms with E-state index in [2.05, 4.69) is 42.5 Å². The molecule has 0 amide bonds. The maximum absolute atomic E-state index is 4.31. The smallest absolute Gasteiger partial charge is 0.113 e. The highest BCUT2D eigenvalue weighted by molar-refractivity contribution is 5.35. The first-order valence-electron chi connectivity index (χ1n) is 5.87. The SMILES string of the molecule is Cc1ccc(-n2n[c]cc2C2CCC2)cc1. The van der Waals surface area contributed by atoms with Crippen molar-refractivity contribution in [2.75, 3.05) is 0 Å². The van der Waals surface area contributed by atoms with Crippen molar-refractivity contribution in [3.63, 3.8) is 0 Å². The van der Waals surface area contributed by atoms with Crippen LogP contribution in [0.15, 0.2) is 30.3 Å². The molecule has 1 aliphatic rings. The molecule has 1 aromatic carbocycles. The van der Waals surface area contributed by atoms with Crippen LogP contribution in [0, 0.1) is 13.1 Å². The van der Waals surface area contributed by atoms with Crippen LogP contribution in [0.1, 0.15) is 36.4 Å². The molecule has 16 heavy (non-hydrogen) atoms. The van der Waals surface area contributed by atoms with Gasteiger partial charge in [0.25, 0.3) is 0 Å². The molecule has 0 spiro atoms. The van der Waals surface area contributed by atoms with Crippen molar-refractivity contribution in [1.82, 2.24) is 9.78 Å². The van der Waals surface area contributed by atoms with Gasteiger partial charge in [0.1, 0.15) is 6.20 Å². The molecule has 0 saturated heterocycles. The van der Waals surface area contributed by atoms with Crippen LogP contribution in [0.5, 0.6) is 0 Å². The number of aromatic nitrogens is 2. The van der Waals surface area contributed by atoms with Gasteiger partial charge >= 0.3 is 0 Å². The molecule has 1 radical (unpaired) electrons. The Morgan fingerprint density at radius 1 is 1.25 bits per heavy atom. The Bertz CT molecular complexity index is 478. The Morgan fingerprint density at radius 3 is 2.62 bits per heavy atom. The highest BCUT2D eigenvalue weighted by atomic mass is 15.3. The molecule has 3 rings (SSSR count). The molecule has 0 atom stereocenters. The topological polar surface area (TPSA) is 17.8 Å². The van der Waals surface area contributed by atoms with Gasteiger partial charge in [0.05, 0.1) is 5.69 Å². The predicted molar refractivity (Wildman–Crippen MR) is 63.7 cm³/mol. The lowest BCUT2D eigenvalue weighted by atomic mass is 9.83. The Balaban J connectivity index is 1.99. The van der Waals surface area contributed by atoms with Gasteiger partial charge in [-0.3, -0.25) is 0 Å². The fourth-order valence-corrected chi connectivity index (χ4v) is 2.16. The van der Waals surface area contributed by atoms with Crippen LogP contribution < -0.4 is 0 Å². The third-order valence-electron chi connectivity index (χ3n) is 3.42. The molecule has 2 heteroatoms. The Kier molecular flexibility index (Phi) is 2.28. The number of rotatable bonds is 2.